The average molecular weight is 285 g/mol. The first-order chi connectivity index (χ1) is 7.50. The maximum atomic E-state index is 3.55. The summed E-state index contributed by atoms with van der Waals surface area (Å²) in [5.41, 5.74) is 2.61. The third-order valence-electron chi connectivity index (χ3n) is 2.89. The second-order valence-corrected chi connectivity index (χ2v) is 5.38. The molecule has 1 aromatic carbocycles. The van der Waals surface area contributed by atoms with E-state index >= 15 is 0 Å². The van der Waals surface area contributed by atoms with Crippen LogP contribution in [0.4, 0.5) is 0 Å². The normalized spacial score (nSPS) is 13.1. The third kappa shape index (κ3) is 4.24. The highest BCUT2D eigenvalue weighted by molar-refractivity contribution is 9.10. The van der Waals surface area contributed by atoms with Gasteiger partial charge in [0.15, 0.2) is 0 Å². The molecule has 0 spiro atoms. The van der Waals surface area contributed by atoms with E-state index < -0.39 is 0 Å². The molecule has 0 aliphatic heterocycles. The maximum absolute atomic E-state index is 3.55. The van der Waals surface area contributed by atoms with Gasteiger partial charge in [-0.3, -0.25) is 0 Å². The Kier molecular flexibility index (Phi) is 5.46. The molecule has 3 heteroatoms. The first kappa shape index (κ1) is 13.7. The fourth-order valence-corrected chi connectivity index (χ4v) is 1.78. The standard InChI is InChI=1S/C13H21BrN2/c1-10-5-6-12(7-13(10)14)9-15-8-11(2)16(3)4/h5-7,11,15H,8-9H2,1-4H3. The molecule has 2 nitrogen and oxygen atoms in total. The number of hydrogen-bond acceptors (Lipinski definition) is 2. The molecule has 1 atom stereocenters. The zero-order valence-corrected chi connectivity index (χ0v) is 12.1. The van der Waals surface area contributed by atoms with Gasteiger partial charge in [-0.25, -0.2) is 0 Å². The predicted molar refractivity (Wildman–Crippen MR) is 73.7 cm³/mol. The molecule has 16 heavy (non-hydrogen) atoms. The van der Waals surface area contributed by atoms with Crippen molar-refractivity contribution >= 4 is 15.9 Å². The molecule has 0 radical (unpaired) electrons. The molecule has 0 aliphatic carbocycles. The number of halogens is 1. The van der Waals surface area contributed by atoms with Crippen LogP contribution in [0.15, 0.2) is 22.7 Å². The topological polar surface area (TPSA) is 15.3 Å². The average Bonchev–Trinajstić information content (AvgIpc) is 2.23. The molecule has 0 aliphatic rings. The van der Waals surface area contributed by atoms with E-state index in [2.05, 4.69) is 72.3 Å². The molecule has 1 aromatic rings. The summed E-state index contributed by atoms with van der Waals surface area (Å²) in [5.74, 6) is 0. The summed E-state index contributed by atoms with van der Waals surface area (Å²) < 4.78 is 1.19. The highest BCUT2D eigenvalue weighted by Gasteiger charge is 2.03. The Hall–Kier alpha value is -0.380. The molecule has 0 saturated carbocycles. The van der Waals surface area contributed by atoms with Crippen LogP contribution in [-0.4, -0.2) is 31.6 Å². The molecular formula is C13H21BrN2. The van der Waals surface area contributed by atoms with E-state index in [1.54, 1.807) is 0 Å². The lowest BCUT2D eigenvalue weighted by Crippen LogP contribution is -2.35. The van der Waals surface area contributed by atoms with Crippen molar-refractivity contribution in [2.75, 3.05) is 20.6 Å². The third-order valence-corrected chi connectivity index (χ3v) is 3.74. The maximum Gasteiger partial charge on any atom is 0.0207 e. The van der Waals surface area contributed by atoms with Crippen molar-refractivity contribution in [2.45, 2.75) is 26.4 Å². The minimum atomic E-state index is 0.564. The number of aryl methyl sites for hydroxylation is 1. The van der Waals surface area contributed by atoms with E-state index in [9.17, 15) is 0 Å². The zero-order chi connectivity index (χ0) is 12.1. The van der Waals surface area contributed by atoms with Gasteiger partial charge in [0.05, 0.1) is 0 Å². The Morgan fingerprint density at radius 1 is 1.38 bits per heavy atom. The van der Waals surface area contributed by atoms with E-state index in [0.717, 1.165) is 13.1 Å². The van der Waals surface area contributed by atoms with E-state index in [1.165, 1.54) is 15.6 Å². The summed E-state index contributed by atoms with van der Waals surface area (Å²) in [6.07, 6.45) is 0. The minimum Gasteiger partial charge on any atom is -0.311 e. The summed E-state index contributed by atoms with van der Waals surface area (Å²) in [7, 11) is 4.21. The van der Waals surface area contributed by atoms with E-state index in [4.69, 9.17) is 0 Å². The van der Waals surface area contributed by atoms with Crippen molar-refractivity contribution in [3.8, 4) is 0 Å². The number of likely N-dealkylation sites (N-methyl/N-ethyl adjacent to an activating group) is 1. The molecule has 0 bridgehead atoms. The van der Waals surface area contributed by atoms with Gasteiger partial charge in [-0.15, -0.1) is 0 Å². The minimum absolute atomic E-state index is 0.564. The Morgan fingerprint density at radius 2 is 2.06 bits per heavy atom. The van der Waals surface area contributed by atoms with Crippen LogP contribution in [-0.2, 0) is 6.54 Å². The fourth-order valence-electron chi connectivity index (χ4n) is 1.35. The zero-order valence-electron chi connectivity index (χ0n) is 10.5. The molecule has 0 aromatic heterocycles. The van der Waals surface area contributed by atoms with Crippen LogP contribution in [0.2, 0.25) is 0 Å². The summed E-state index contributed by atoms with van der Waals surface area (Å²) in [4.78, 5) is 2.22. The van der Waals surface area contributed by atoms with Gasteiger partial charge in [-0.2, -0.15) is 0 Å². The predicted octanol–water partition coefficient (Wildman–Crippen LogP) is 2.80. The Labute approximate surface area is 107 Å². The van der Waals surface area contributed by atoms with Gasteiger partial charge >= 0.3 is 0 Å². The Balaban J connectivity index is 2.40. The lowest BCUT2D eigenvalue weighted by molar-refractivity contribution is 0.302. The van der Waals surface area contributed by atoms with Gasteiger partial charge in [-0.05, 0) is 45.1 Å². The molecule has 0 amide bonds. The second-order valence-electron chi connectivity index (χ2n) is 4.53. The number of nitrogens with zero attached hydrogens (tertiary/aromatic N) is 1. The SMILES string of the molecule is Cc1ccc(CNCC(C)N(C)C)cc1Br. The number of hydrogen-bond donors (Lipinski definition) is 1. The summed E-state index contributed by atoms with van der Waals surface area (Å²) in [6.45, 7) is 6.27. The summed E-state index contributed by atoms with van der Waals surface area (Å²) >= 11 is 3.55. The van der Waals surface area contributed by atoms with Gasteiger partial charge in [0.25, 0.3) is 0 Å². The highest BCUT2D eigenvalue weighted by Crippen LogP contribution is 2.17. The number of nitrogens with one attached hydrogen (secondary N) is 1. The first-order valence-corrected chi connectivity index (χ1v) is 6.42. The van der Waals surface area contributed by atoms with Crippen molar-refractivity contribution in [1.82, 2.24) is 10.2 Å². The molecule has 0 fully saturated rings. The summed E-state index contributed by atoms with van der Waals surface area (Å²) in [5, 5.41) is 3.47. The van der Waals surface area contributed by atoms with E-state index in [1.807, 2.05) is 0 Å². The largest absolute Gasteiger partial charge is 0.311 e. The molecule has 1 unspecified atom stereocenters. The van der Waals surface area contributed by atoms with Gasteiger partial charge < -0.3 is 10.2 Å². The lowest BCUT2D eigenvalue weighted by atomic mass is 10.1. The van der Waals surface area contributed by atoms with Crippen LogP contribution in [0.25, 0.3) is 0 Å². The molecule has 1 rings (SSSR count). The number of benzene rings is 1. The molecular weight excluding hydrogens is 264 g/mol. The van der Waals surface area contributed by atoms with Gasteiger partial charge in [0, 0.05) is 23.6 Å². The molecule has 1 N–H and O–H groups in total. The van der Waals surface area contributed by atoms with Crippen molar-refractivity contribution in [3.05, 3.63) is 33.8 Å². The van der Waals surface area contributed by atoms with E-state index in [-0.39, 0.29) is 0 Å². The molecule has 90 valence electrons. The quantitative estimate of drug-likeness (QED) is 0.895. The number of rotatable bonds is 5. The van der Waals surface area contributed by atoms with Crippen LogP contribution >= 0.6 is 15.9 Å². The van der Waals surface area contributed by atoms with Crippen molar-refractivity contribution in [2.24, 2.45) is 0 Å². The Bertz CT molecular complexity index is 337. The van der Waals surface area contributed by atoms with Crippen LogP contribution < -0.4 is 5.32 Å². The lowest BCUT2D eigenvalue weighted by Gasteiger charge is -2.20. The van der Waals surface area contributed by atoms with Gasteiger partial charge in [0.1, 0.15) is 0 Å². The Morgan fingerprint density at radius 3 is 2.62 bits per heavy atom. The van der Waals surface area contributed by atoms with Crippen molar-refractivity contribution < 1.29 is 0 Å². The van der Waals surface area contributed by atoms with Gasteiger partial charge in [-0.1, -0.05) is 28.1 Å². The highest BCUT2D eigenvalue weighted by atomic mass is 79.9. The van der Waals surface area contributed by atoms with Gasteiger partial charge in [0.2, 0.25) is 0 Å². The van der Waals surface area contributed by atoms with Crippen molar-refractivity contribution in [1.29, 1.82) is 0 Å². The van der Waals surface area contributed by atoms with Crippen LogP contribution in [0.1, 0.15) is 18.1 Å². The summed E-state index contributed by atoms with van der Waals surface area (Å²) in [6, 6.07) is 7.07. The van der Waals surface area contributed by atoms with Crippen LogP contribution in [0.3, 0.4) is 0 Å². The van der Waals surface area contributed by atoms with Crippen LogP contribution in [0.5, 0.6) is 0 Å². The van der Waals surface area contributed by atoms with Crippen molar-refractivity contribution in [3.63, 3.8) is 0 Å². The molecule has 0 saturated heterocycles. The molecule has 0 heterocycles. The smallest absolute Gasteiger partial charge is 0.0207 e. The first-order valence-electron chi connectivity index (χ1n) is 5.63. The van der Waals surface area contributed by atoms with E-state index in [0.29, 0.717) is 6.04 Å². The monoisotopic (exact) mass is 284 g/mol. The second kappa shape index (κ2) is 6.38. The van der Waals surface area contributed by atoms with Crippen LogP contribution in [0, 0.1) is 6.92 Å². The fraction of sp³-hybridized carbons (Fsp3) is 0.538.